The Kier molecular flexibility index (Phi) is 65.7. The van der Waals surface area contributed by atoms with Crippen molar-refractivity contribution in [2.24, 2.45) is 0 Å². The molecule has 0 aromatic carbocycles. The Hall–Kier alpha value is -3.15. The van der Waals surface area contributed by atoms with Gasteiger partial charge in [0.05, 0.1) is 0 Å². The van der Waals surface area contributed by atoms with Gasteiger partial charge in [-0.3, -0.25) is 14.4 Å². The van der Waals surface area contributed by atoms with Gasteiger partial charge >= 0.3 is 17.9 Å². The van der Waals surface area contributed by atoms with Crippen LogP contribution in [0.1, 0.15) is 361 Å². The molecule has 0 aliphatic rings. The molecule has 6 nitrogen and oxygen atoms in total. The van der Waals surface area contributed by atoms with Crippen molar-refractivity contribution in [3.63, 3.8) is 0 Å². The molecule has 6 heteroatoms. The molecule has 0 fully saturated rings. The van der Waals surface area contributed by atoms with E-state index in [1.54, 1.807) is 0 Å². The van der Waals surface area contributed by atoms with Crippen LogP contribution in [0.25, 0.3) is 0 Å². The maximum atomic E-state index is 13.0. The summed E-state index contributed by atoms with van der Waals surface area (Å²) in [5.41, 5.74) is 0. The van der Waals surface area contributed by atoms with E-state index in [2.05, 4.69) is 93.7 Å². The second-order valence-corrected chi connectivity index (χ2v) is 23.4. The number of hydrogen-bond donors (Lipinski definition) is 0. The molecule has 1 unspecified atom stereocenters. The van der Waals surface area contributed by atoms with Gasteiger partial charge in [-0.2, -0.15) is 0 Å². The van der Waals surface area contributed by atoms with Crippen LogP contribution in [0.5, 0.6) is 0 Å². The summed E-state index contributed by atoms with van der Waals surface area (Å²) in [6.45, 7) is 6.56. The third-order valence-electron chi connectivity index (χ3n) is 15.4. The van der Waals surface area contributed by atoms with E-state index < -0.39 is 6.10 Å². The predicted molar refractivity (Wildman–Crippen MR) is 348 cm³/mol. The van der Waals surface area contributed by atoms with E-state index in [0.717, 1.165) is 103 Å². The Morgan fingerprint density at radius 1 is 0.263 bits per heavy atom. The van der Waals surface area contributed by atoms with Crippen LogP contribution in [0.15, 0.2) is 72.9 Å². The molecule has 0 saturated carbocycles. The van der Waals surface area contributed by atoms with Crippen LogP contribution < -0.4 is 0 Å². The molecule has 0 bridgehead atoms. The Morgan fingerprint density at radius 2 is 0.487 bits per heavy atom. The third kappa shape index (κ3) is 65.7. The smallest absolute Gasteiger partial charge is 0.306 e. The zero-order valence-corrected chi connectivity index (χ0v) is 53.3. The lowest BCUT2D eigenvalue weighted by Crippen LogP contribution is -2.30. The minimum absolute atomic E-state index is 0.0777. The maximum absolute atomic E-state index is 13.0. The SMILES string of the molecule is CC/C=C\C/C=C\C/C=C\C/C=C\C/C=C\CCCCCCCCCCCC(=O)OCC(COC(=O)CCCCCCC/C=C\CCCCCCC)OC(=O)CCCCCCCCCCCCCCCCCCCCCCCCC. The Labute approximate surface area is 497 Å². The van der Waals surface area contributed by atoms with E-state index in [1.165, 1.54) is 218 Å². The lowest BCUT2D eigenvalue weighted by molar-refractivity contribution is -0.167. The van der Waals surface area contributed by atoms with E-state index in [0.29, 0.717) is 19.3 Å². The molecule has 0 radical (unpaired) electrons. The van der Waals surface area contributed by atoms with Crippen LogP contribution in [-0.4, -0.2) is 37.2 Å². The Bertz CT molecular complexity index is 1470. The van der Waals surface area contributed by atoms with Crippen LogP contribution in [0, 0.1) is 0 Å². The molecule has 80 heavy (non-hydrogen) atoms. The summed E-state index contributed by atoms with van der Waals surface area (Å²) in [4.78, 5) is 38.4. The number of esters is 3. The lowest BCUT2D eigenvalue weighted by Gasteiger charge is -2.18. The van der Waals surface area contributed by atoms with E-state index >= 15 is 0 Å². The fourth-order valence-corrected chi connectivity index (χ4v) is 10.2. The van der Waals surface area contributed by atoms with Crippen molar-refractivity contribution >= 4 is 17.9 Å². The number of ether oxygens (including phenoxy) is 3. The average molecular weight is 1120 g/mol. The van der Waals surface area contributed by atoms with Gasteiger partial charge in [0.2, 0.25) is 0 Å². The molecule has 0 spiro atoms. The number of allylic oxidation sites excluding steroid dienone is 12. The number of hydrogen-bond acceptors (Lipinski definition) is 6. The zero-order chi connectivity index (χ0) is 57.8. The second-order valence-electron chi connectivity index (χ2n) is 23.4. The van der Waals surface area contributed by atoms with Gasteiger partial charge < -0.3 is 14.2 Å². The molecular weight excluding hydrogens is 985 g/mol. The first-order valence-electron chi connectivity index (χ1n) is 34.9. The van der Waals surface area contributed by atoms with Crippen molar-refractivity contribution in [3.05, 3.63) is 72.9 Å². The van der Waals surface area contributed by atoms with E-state index in [9.17, 15) is 14.4 Å². The number of carbonyl (C=O) groups is 3. The van der Waals surface area contributed by atoms with Gasteiger partial charge in [-0.15, -0.1) is 0 Å². The zero-order valence-electron chi connectivity index (χ0n) is 53.3. The minimum Gasteiger partial charge on any atom is -0.462 e. The summed E-state index contributed by atoms with van der Waals surface area (Å²) in [6, 6.07) is 0. The number of carbonyl (C=O) groups excluding carboxylic acids is 3. The van der Waals surface area contributed by atoms with Gasteiger partial charge in [0.1, 0.15) is 13.2 Å². The van der Waals surface area contributed by atoms with Crippen molar-refractivity contribution in [3.8, 4) is 0 Å². The molecular formula is C74H132O6. The molecule has 0 aliphatic carbocycles. The molecule has 0 aliphatic heterocycles. The standard InChI is InChI=1S/C74H132O6/c1-4-7-10-13-16-19-22-25-28-30-32-34-36-37-39-40-42-44-46-49-52-55-58-61-64-67-73(76)79-70-71(69-78-72(75)66-63-60-57-54-51-48-27-24-21-18-15-12-9-6-3)80-74(77)68-65-62-59-56-53-50-47-45-43-41-38-35-33-31-29-26-23-20-17-14-11-8-5-2/h7,10,16,19,24-25,27-28,32,34,37,39,71H,4-6,8-9,11-15,17-18,20-23,26,29-31,33,35-36,38,40-70H2,1-3H3/b10-7-,19-16-,27-24-,28-25-,34-32-,39-37-. The van der Waals surface area contributed by atoms with Crippen LogP contribution >= 0.6 is 0 Å². The van der Waals surface area contributed by atoms with Crippen molar-refractivity contribution in [1.82, 2.24) is 0 Å². The summed E-state index contributed by atoms with van der Waals surface area (Å²) >= 11 is 0. The van der Waals surface area contributed by atoms with Crippen LogP contribution in [-0.2, 0) is 28.6 Å². The van der Waals surface area contributed by atoms with Crippen molar-refractivity contribution < 1.29 is 28.6 Å². The summed E-state index contributed by atoms with van der Waals surface area (Å²) < 4.78 is 17.0. The molecule has 0 rings (SSSR count). The quantitative estimate of drug-likeness (QED) is 0.0261. The molecule has 0 N–H and O–H groups in total. The molecule has 0 aromatic heterocycles. The summed E-state index contributed by atoms with van der Waals surface area (Å²) in [6.07, 6.45) is 89.2. The topological polar surface area (TPSA) is 78.9 Å². The molecule has 0 heterocycles. The fraction of sp³-hybridized carbons (Fsp3) is 0.797. The highest BCUT2D eigenvalue weighted by Gasteiger charge is 2.19. The summed E-state index contributed by atoms with van der Waals surface area (Å²) in [7, 11) is 0. The first-order valence-corrected chi connectivity index (χ1v) is 34.9. The van der Waals surface area contributed by atoms with Crippen LogP contribution in [0.4, 0.5) is 0 Å². The van der Waals surface area contributed by atoms with E-state index in [1.807, 2.05) is 0 Å². The van der Waals surface area contributed by atoms with Gasteiger partial charge in [0.15, 0.2) is 6.10 Å². The molecule has 464 valence electrons. The van der Waals surface area contributed by atoms with Gasteiger partial charge in [-0.1, -0.05) is 325 Å². The fourth-order valence-electron chi connectivity index (χ4n) is 10.2. The van der Waals surface area contributed by atoms with E-state index in [4.69, 9.17) is 14.2 Å². The summed E-state index contributed by atoms with van der Waals surface area (Å²) in [5.74, 6) is -0.870. The maximum Gasteiger partial charge on any atom is 0.306 e. The monoisotopic (exact) mass is 1120 g/mol. The highest BCUT2D eigenvalue weighted by Crippen LogP contribution is 2.18. The van der Waals surface area contributed by atoms with Crippen molar-refractivity contribution in [2.45, 2.75) is 367 Å². The van der Waals surface area contributed by atoms with Crippen molar-refractivity contribution in [1.29, 1.82) is 0 Å². The normalized spacial score (nSPS) is 12.5. The predicted octanol–water partition coefficient (Wildman–Crippen LogP) is 24.1. The minimum atomic E-state index is -0.781. The number of rotatable bonds is 64. The van der Waals surface area contributed by atoms with Crippen LogP contribution in [0.3, 0.4) is 0 Å². The summed E-state index contributed by atoms with van der Waals surface area (Å²) in [5, 5.41) is 0. The number of unbranched alkanes of at least 4 members (excludes halogenated alkanes) is 41. The lowest BCUT2D eigenvalue weighted by atomic mass is 10.0. The van der Waals surface area contributed by atoms with Gasteiger partial charge in [-0.25, -0.2) is 0 Å². The van der Waals surface area contributed by atoms with Crippen LogP contribution in [0.2, 0.25) is 0 Å². The second kappa shape index (κ2) is 68.3. The van der Waals surface area contributed by atoms with Crippen molar-refractivity contribution in [2.75, 3.05) is 13.2 Å². The first kappa shape index (κ1) is 76.9. The highest BCUT2D eigenvalue weighted by atomic mass is 16.6. The third-order valence-corrected chi connectivity index (χ3v) is 15.4. The first-order chi connectivity index (χ1) is 39.5. The highest BCUT2D eigenvalue weighted by molar-refractivity contribution is 5.71. The largest absolute Gasteiger partial charge is 0.462 e. The molecule has 0 aromatic rings. The van der Waals surface area contributed by atoms with Gasteiger partial charge in [0, 0.05) is 19.3 Å². The molecule has 0 saturated heterocycles. The van der Waals surface area contributed by atoms with Gasteiger partial charge in [-0.05, 0) is 89.9 Å². The molecule has 0 amide bonds. The van der Waals surface area contributed by atoms with Gasteiger partial charge in [0.25, 0.3) is 0 Å². The Balaban J connectivity index is 4.30. The van der Waals surface area contributed by atoms with E-state index in [-0.39, 0.29) is 31.1 Å². The average Bonchev–Trinajstić information content (AvgIpc) is 3.46. The molecule has 1 atom stereocenters. The Morgan fingerprint density at radius 3 is 0.775 bits per heavy atom.